The summed E-state index contributed by atoms with van der Waals surface area (Å²) in [5, 5.41) is 0.651. The first kappa shape index (κ1) is 8.13. The molecule has 4 heteroatoms. The molecule has 1 amide bonds. The lowest BCUT2D eigenvalue weighted by Crippen LogP contribution is -1.93. The highest BCUT2D eigenvalue weighted by Crippen LogP contribution is 2.12. The van der Waals surface area contributed by atoms with Gasteiger partial charge in [0.15, 0.2) is 5.84 Å². The van der Waals surface area contributed by atoms with E-state index in [1.165, 1.54) is 6.21 Å². The van der Waals surface area contributed by atoms with Gasteiger partial charge in [-0.15, -0.1) is 0 Å². The molecular weight excluding hydrogens is 188 g/mol. The first-order valence-electron chi connectivity index (χ1n) is 3.68. The fraction of sp³-hybridized carbons (Fsp3) is 0. The third-order valence-corrected chi connectivity index (χ3v) is 1.87. The van der Waals surface area contributed by atoms with Crippen LogP contribution in [0.1, 0.15) is 5.56 Å². The first-order valence-corrected chi connectivity index (χ1v) is 4.06. The predicted molar refractivity (Wildman–Crippen MR) is 51.5 cm³/mol. The summed E-state index contributed by atoms with van der Waals surface area (Å²) < 4.78 is 0. The lowest BCUT2D eigenvalue weighted by atomic mass is 10.2. The summed E-state index contributed by atoms with van der Waals surface area (Å²) in [4.78, 5) is 18.3. The molecule has 1 heterocycles. The Bertz CT molecular complexity index is 406. The van der Waals surface area contributed by atoms with E-state index in [0.717, 1.165) is 5.56 Å². The molecule has 2 rings (SSSR count). The van der Waals surface area contributed by atoms with E-state index in [0.29, 0.717) is 10.9 Å². The van der Waals surface area contributed by atoms with Gasteiger partial charge in [-0.05, 0) is 24.3 Å². The highest BCUT2D eigenvalue weighted by atomic mass is 35.5. The Balaban J connectivity index is 2.37. The van der Waals surface area contributed by atoms with Crippen LogP contribution in [0, 0.1) is 0 Å². The van der Waals surface area contributed by atoms with Crippen molar-refractivity contribution in [1.82, 2.24) is 0 Å². The van der Waals surface area contributed by atoms with Crippen molar-refractivity contribution in [3.8, 4) is 0 Å². The van der Waals surface area contributed by atoms with Gasteiger partial charge in [0.2, 0.25) is 0 Å². The van der Waals surface area contributed by atoms with Crippen LogP contribution in [0.25, 0.3) is 0 Å². The van der Waals surface area contributed by atoms with E-state index in [1.54, 1.807) is 24.3 Å². The minimum absolute atomic E-state index is 0.315. The zero-order valence-electron chi connectivity index (χ0n) is 6.57. The molecule has 0 fully saturated rings. The third-order valence-electron chi connectivity index (χ3n) is 1.62. The summed E-state index contributed by atoms with van der Waals surface area (Å²) in [5.74, 6) is 0.131. The van der Waals surface area contributed by atoms with Gasteiger partial charge in [0.05, 0.1) is 6.21 Å². The van der Waals surface area contributed by atoms with Crippen molar-refractivity contribution in [3.63, 3.8) is 0 Å². The quantitative estimate of drug-likeness (QED) is 0.668. The fourth-order valence-electron chi connectivity index (χ4n) is 1.02. The summed E-state index contributed by atoms with van der Waals surface area (Å²) in [5.41, 5.74) is 0.798. The Kier molecular flexibility index (Phi) is 1.94. The largest absolute Gasteiger partial charge is 0.290 e. The van der Waals surface area contributed by atoms with Gasteiger partial charge in [-0.25, -0.2) is 4.99 Å². The fourth-order valence-corrected chi connectivity index (χ4v) is 1.14. The SMILES string of the molecule is O=C1C=NC(c2ccc(Cl)cc2)=N1. The van der Waals surface area contributed by atoms with Gasteiger partial charge in [-0.2, -0.15) is 4.99 Å². The second-order valence-electron chi connectivity index (χ2n) is 2.54. The van der Waals surface area contributed by atoms with Crippen LogP contribution >= 0.6 is 11.6 Å². The number of hydrogen-bond donors (Lipinski definition) is 0. The van der Waals surface area contributed by atoms with E-state index in [1.807, 2.05) is 0 Å². The first-order chi connectivity index (χ1) is 6.25. The maximum atomic E-state index is 10.7. The molecule has 0 N–H and O–H groups in total. The number of aliphatic imine (C=N–C) groups is 2. The Morgan fingerprint density at radius 1 is 1.15 bits per heavy atom. The highest BCUT2D eigenvalue weighted by Gasteiger charge is 2.09. The molecule has 0 bridgehead atoms. The number of hydrogen-bond acceptors (Lipinski definition) is 2. The lowest BCUT2D eigenvalue weighted by Gasteiger charge is -1.95. The molecule has 0 atom stereocenters. The summed E-state index contributed by atoms with van der Waals surface area (Å²) in [6.45, 7) is 0. The van der Waals surface area contributed by atoms with Gasteiger partial charge in [-0.3, -0.25) is 4.79 Å². The summed E-state index contributed by atoms with van der Waals surface area (Å²) >= 11 is 5.70. The summed E-state index contributed by atoms with van der Waals surface area (Å²) in [6, 6.07) is 7.02. The van der Waals surface area contributed by atoms with Crippen molar-refractivity contribution in [2.24, 2.45) is 9.98 Å². The van der Waals surface area contributed by atoms with Gasteiger partial charge in [-0.1, -0.05) is 11.6 Å². The molecule has 0 unspecified atom stereocenters. The van der Waals surface area contributed by atoms with Crippen molar-refractivity contribution in [1.29, 1.82) is 0 Å². The van der Waals surface area contributed by atoms with Crippen LogP contribution in [0.5, 0.6) is 0 Å². The van der Waals surface area contributed by atoms with E-state index >= 15 is 0 Å². The van der Waals surface area contributed by atoms with Crippen molar-refractivity contribution in [3.05, 3.63) is 34.9 Å². The number of halogens is 1. The zero-order chi connectivity index (χ0) is 9.26. The van der Waals surface area contributed by atoms with Crippen LogP contribution in [-0.2, 0) is 4.79 Å². The number of nitrogens with zero attached hydrogens (tertiary/aromatic N) is 2. The Hall–Kier alpha value is -1.48. The monoisotopic (exact) mass is 192 g/mol. The molecule has 64 valence electrons. The van der Waals surface area contributed by atoms with Gasteiger partial charge < -0.3 is 0 Å². The van der Waals surface area contributed by atoms with E-state index in [4.69, 9.17) is 11.6 Å². The molecule has 1 aliphatic heterocycles. The maximum Gasteiger partial charge on any atom is 0.290 e. The van der Waals surface area contributed by atoms with Crippen LogP contribution in [0.4, 0.5) is 0 Å². The Morgan fingerprint density at radius 2 is 1.85 bits per heavy atom. The van der Waals surface area contributed by atoms with Crippen LogP contribution < -0.4 is 0 Å². The number of benzene rings is 1. The number of carbonyl (C=O) groups is 1. The van der Waals surface area contributed by atoms with Gasteiger partial charge >= 0.3 is 0 Å². The molecule has 0 aliphatic carbocycles. The number of rotatable bonds is 1. The number of amidine groups is 1. The normalized spacial score (nSPS) is 14.8. The Morgan fingerprint density at radius 3 is 2.38 bits per heavy atom. The summed E-state index contributed by atoms with van der Waals surface area (Å²) in [7, 11) is 0. The summed E-state index contributed by atoms with van der Waals surface area (Å²) in [6.07, 6.45) is 1.20. The molecule has 1 aliphatic rings. The van der Waals surface area contributed by atoms with Gasteiger partial charge in [0.25, 0.3) is 5.91 Å². The minimum Gasteiger partial charge on any atom is -0.266 e. The molecule has 0 saturated heterocycles. The molecule has 3 nitrogen and oxygen atoms in total. The van der Waals surface area contributed by atoms with E-state index in [2.05, 4.69) is 9.98 Å². The smallest absolute Gasteiger partial charge is 0.266 e. The lowest BCUT2D eigenvalue weighted by molar-refractivity contribution is -0.111. The molecule has 1 aromatic rings. The van der Waals surface area contributed by atoms with Gasteiger partial charge in [0.1, 0.15) is 0 Å². The molecule has 13 heavy (non-hydrogen) atoms. The number of amides is 1. The zero-order valence-corrected chi connectivity index (χ0v) is 7.32. The van der Waals surface area contributed by atoms with Crippen LogP contribution in [0.2, 0.25) is 5.02 Å². The van der Waals surface area contributed by atoms with Crippen molar-refractivity contribution in [2.45, 2.75) is 0 Å². The standard InChI is InChI=1S/C9H5ClN2O/c10-7-3-1-6(2-4-7)9-11-5-8(13)12-9/h1-5H. The minimum atomic E-state index is -0.315. The topological polar surface area (TPSA) is 41.8 Å². The van der Waals surface area contributed by atoms with Gasteiger partial charge in [0, 0.05) is 10.6 Å². The molecule has 0 spiro atoms. The second-order valence-corrected chi connectivity index (χ2v) is 2.98. The molecular formula is C9H5ClN2O. The van der Waals surface area contributed by atoms with Crippen LogP contribution in [-0.4, -0.2) is 18.0 Å². The van der Waals surface area contributed by atoms with Crippen LogP contribution in [0.3, 0.4) is 0 Å². The van der Waals surface area contributed by atoms with E-state index in [-0.39, 0.29) is 5.91 Å². The molecule has 0 aromatic heterocycles. The molecule has 0 radical (unpaired) electrons. The predicted octanol–water partition coefficient (Wildman–Crippen LogP) is 1.70. The maximum absolute atomic E-state index is 10.7. The van der Waals surface area contributed by atoms with Crippen molar-refractivity contribution in [2.75, 3.05) is 0 Å². The van der Waals surface area contributed by atoms with Crippen molar-refractivity contribution >= 4 is 29.6 Å². The molecule has 1 aromatic carbocycles. The van der Waals surface area contributed by atoms with Crippen molar-refractivity contribution < 1.29 is 4.79 Å². The second kappa shape index (κ2) is 3.11. The number of carbonyl (C=O) groups excluding carboxylic acids is 1. The van der Waals surface area contributed by atoms with E-state index < -0.39 is 0 Å². The average Bonchev–Trinajstić information content (AvgIpc) is 2.53. The van der Waals surface area contributed by atoms with E-state index in [9.17, 15) is 4.79 Å². The third kappa shape index (κ3) is 1.65. The molecule has 0 saturated carbocycles. The highest BCUT2D eigenvalue weighted by molar-refractivity contribution is 6.37. The van der Waals surface area contributed by atoms with Crippen LogP contribution in [0.15, 0.2) is 34.3 Å². The Labute approximate surface area is 79.8 Å². The average molecular weight is 193 g/mol.